The lowest BCUT2D eigenvalue weighted by molar-refractivity contribution is -0.377. The number of aliphatic hydroxyl groups excluding tert-OH is 8. The van der Waals surface area contributed by atoms with Crippen molar-refractivity contribution in [1.82, 2.24) is 0 Å². The van der Waals surface area contributed by atoms with Gasteiger partial charge in [-0.05, 0) is 20.8 Å². The van der Waals surface area contributed by atoms with Gasteiger partial charge in [-0.2, -0.15) is 0 Å². The summed E-state index contributed by atoms with van der Waals surface area (Å²) in [4.78, 5) is 0. The zero-order chi connectivity index (χ0) is 23.2. The lowest BCUT2D eigenvalue weighted by atomic mass is 9.97. The van der Waals surface area contributed by atoms with Crippen LogP contribution in [0.3, 0.4) is 0 Å². The van der Waals surface area contributed by atoms with Crippen LogP contribution in [0.15, 0.2) is 0 Å². The van der Waals surface area contributed by atoms with Gasteiger partial charge in [0.1, 0.15) is 54.9 Å². The minimum Gasteiger partial charge on any atom is -0.388 e. The number of hydrogen-bond donors (Lipinski definition) is 8. The number of ether oxygens (including phenoxy) is 5. The normalized spacial score (nSPS) is 56.4. The molecular weight excluding hydrogens is 424 g/mol. The fourth-order valence-corrected chi connectivity index (χ4v) is 3.87. The van der Waals surface area contributed by atoms with E-state index in [1.165, 1.54) is 20.8 Å². The predicted molar refractivity (Wildman–Crippen MR) is 97.0 cm³/mol. The van der Waals surface area contributed by atoms with Gasteiger partial charge >= 0.3 is 0 Å². The van der Waals surface area contributed by atoms with Gasteiger partial charge in [-0.1, -0.05) is 0 Å². The summed E-state index contributed by atoms with van der Waals surface area (Å²) in [5.41, 5.74) is 0. The summed E-state index contributed by atoms with van der Waals surface area (Å²) in [6, 6.07) is 0. The van der Waals surface area contributed by atoms with Crippen LogP contribution in [0.4, 0.5) is 0 Å². The first-order valence-corrected chi connectivity index (χ1v) is 10.2. The molecule has 0 aromatic carbocycles. The molecule has 0 spiro atoms. The second-order valence-corrected chi connectivity index (χ2v) is 8.29. The maximum absolute atomic E-state index is 10.7. The molecule has 3 saturated heterocycles. The van der Waals surface area contributed by atoms with Crippen molar-refractivity contribution in [1.29, 1.82) is 0 Å². The Labute approximate surface area is 178 Å². The highest BCUT2D eigenvalue weighted by Crippen LogP contribution is 2.31. The van der Waals surface area contributed by atoms with E-state index in [0.717, 1.165) is 0 Å². The van der Waals surface area contributed by atoms with E-state index in [4.69, 9.17) is 23.7 Å². The highest BCUT2D eigenvalue weighted by molar-refractivity contribution is 4.94. The summed E-state index contributed by atoms with van der Waals surface area (Å²) in [5, 5.41) is 81.3. The van der Waals surface area contributed by atoms with E-state index < -0.39 is 92.1 Å². The summed E-state index contributed by atoms with van der Waals surface area (Å²) in [6.07, 6.45) is -21.0. The minimum absolute atomic E-state index is 0.868. The van der Waals surface area contributed by atoms with Crippen molar-refractivity contribution in [2.75, 3.05) is 0 Å². The van der Waals surface area contributed by atoms with E-state index >= 15 is 0 Å². The maximum atomic E-state index is 10.7. The van der Waals surface area contributed by atoms with Gasteiger partial charge in [0.05, 0.1) is 18.3 Å². The Morgan fingerprint density at radius 2 is 0.903 bits per heavy atom. The van der Waals surface area contributed by atoms with Gasteiger partial charge < -0.3 is 64.5 Å². The molecule has 31 heavy (non-hydrogen) atoms. The van der Waals surface area contributed by atoms with E-state index in [9.17, 15) is 40.9 Å². The molecule has 15 unspecified atom stereocenters. The van der Waals surface area contributed by atoms with Crippen LogP contribution in [-0.2, 0) is 23.7 Å². The van der Waals surface area contributed by atoms with Crippen molar-refractivity contribution in [2.45, 2.75) is 113 Å². The van der Waals surface area contributed by atoms with Crippen LogP contribution in [0.1, 0.15) is 20.8 Å². The van der Waals surface area contributed by atoms with Crippen molar-refractivity contribution in [2.24, 2.45) is 0 Å². The fraction of sp³-hybridized carbons (Fsp3) is 1.00. The van der Waals surface area contributed by atoms with E-state index in [1.807, 2.05) is 0 Å². The van der Waals surface area contributed by atoms with Gasteiger partial charge in [-0.3, -0.25) is 0 Å². The molecule has 3 heterocycles. The third-order valence-corrected chi connectivity index (χ3v) is 5.98. The van der Waals surface area contributed by atoms with Crippen LogP contribution < -0.4 is 0 Å². The highest BCUT2D eigenvalue weighted by atomic mass is 16.7. The van der Waals surface area contributed by atoms with E-state index in [1.54, 1.807) is 0 Å². The molecule has 182 valence electrons. The van der Waals surface area contributed by atoms with E-state index in [-0.39, 0.29) is 0 Å². The summed E-state index contributed by atoms with van der Waals surface area (Å²) in [5.74, 6) is 0. The van der Waals surface area contributed by atoms with E-state index in [2.05, 4.69) is 0 Å². The Bertz CT molecular complexity index is 595. The Kier molecular flexibility index (Phi) is 7.91. The molecule has 0 bridgehead atoms. The van der Waals surface area contributed by atoms with Crippen LogP contribution in [0, 0.1) is 0 Å². The van der Waals surface area contributed by atoms with Crippen molar-refractivity contribution in [3.05, 3.63) is 0 Å². The quantitative estimate of drug-likeness (QED) is 0.201. The van der Waals surface area contributed by atoms with Crippen molar-refractivity contribution < 1.29 is 64.5 Å². The minimum atomic E-state index is -1.70. The summed E-state index contributed by atoms with van der Waals surface area (Å²) in [7, 11) is 0. The maximum Gasteiger partial charge on any atom is 0.187 e. The molecule has 0 radical (unpaired) electrons. The van der Waals surface area contributed by atoms with Crippen molar-refractivity contribution >= 4 is 0 Å². The average Bonchev–Trinajstić information content (AvgIpc) is 2.72. The van der Waals surface area contributed by atoms with Crippen molar-refractivity contribution in [3.8, 4) is 0 Å². The Morgan fingerprint density at radius 3 is 1.52 bits per heavy atom. The topological polar surface area (TPSA) is 208 Å². The molecule has 3 fully saturated rings. The molecule has 15 atom stereocenters. The molecular formula is C18H32O13. The molecule has 13 nitrogen and oxygen atoms in total. The first-order chi connectivity index (χ1) is 14.4. The number of aliphatic hydroxyl groups is 8. The molecule has 3 aliphatic heterocycles. The first-order valence-electron chi connectivity index (χ1n) is 10.2. The third kappa shape index (κ3) is 4.89. The SMILES string of the molecule is CC1OC(OC2C(O)C(C)OC(OC3C(O)OC(C)C(O)C3O)C2O)C(O)C(O)C1O. The van der Waals surface area contributed by atoms with Gasteiger partial charge in [0.15, 0.2) is 18.9 Å². The molecule has 0 saturated carbocycles. The van der Waals surface area contributed by atoms with Gasteiger partial charge in [-0.25, -0.2) is 0 Å². The van der Waals surface area contributed by atoms with Crippen LogP contribution in [0.2, 0.25) is 0 Å². The lowest BCUT2D eigenvalue weighted by Crippen LogP contribution is -2.65. The van der Waals surface area contributed by atoms with Crippen LogP contribution >= 0.6 is 0 Å². The smallest absolute Gasteiger partial charge is 0.187 e. The van der Waals surface area contributed by atoms with Crippen LogP contribution in [-0.4, -0.2) is 133 Å². The molecule has 0 aromatic heterocycles. The zero-order valence-corrected chi connectivity index (χ0v) is 17.3. The predicted octanol–water partition coefficient (Wildman–Crippen LogP) is -4.49. The largest absolute Gasteiger partial charge is 0.388 e. The summed E-state index contributed by atoms with van der Waals surface area (Å²) >= 11 is 0. The van der Waals surface area contributed by atoms with Gasteiger partial charge in [-0.15, -0.1) is 0 Å². The van der Waals surface area contributed by atoms with Crippen molar-refractivity contribution in [3.63, 3.8) is 0 Å². The molecule has 8 N–H and O–H groups in total. The monoisotopic (exact) mass is 456 g/mol. The Hall–Kier alpha value is -0.520. The standard InChI is InChI=1S/C18H32O13/c1-4-8(20)11(23)15(16(26)27-4)31-18-13(25)14(9(21)6(3)29-18)30-17-12(24)10(22)7(19)5(2)28-17/h4-26H,1-3H3. The Balaban J connectivity index is 1.72. The molecule has 0 aliphatic carbocycles. The molecule has 3 aliphatic rings. The molecule has 3 rings (SSSR count). The highest BCUT2D eigenvalue weighted by Gasteiger charge is 2.52. The van der Waals surface area contributed by atoms with Crippen LogP contribution in [0.25, 0.3) is 0 Å². The molecule has 0 aromatic rings. The number of hydrogen-bond acceptors (Lipinski definition) is 13. The average molecular weight is 456 g/mol. The number of rotatable bonds is 4. The third-order valence-electron chi connectivity index (χ3n) is 5.98. The molecule has 13 heteroatoms. The van der Waals surface area contributed by atoms with Gasteiger partial charge in [0.2, 0.25) is 0 Å². The van der Waals surface area contributed by atoms with Gasteiger partial charge in [0.25, 0.3) is 0 Å². The van der Waals surface area contributed by atoms with E-state index in [0.29, 0.717) is 0 Å². The second-order valence-electron chi connectivity index (χ2n) is 8.29. The summed E-state index contributed by atoms with van der Waals surface area (Å²) in [6.45, 7) is 4.34. The summed E-state index contributed by atoms with van der Waals surface area (Å²) < 4.78 is 26.9. The molecule has 0 amide bonds. The Morgan fingerprint density at radius 1 is 0.452 bits per heavy atom. The lowest BCUT2D eigenvalue weighted by Gasteiger charge is -2.47. The fourth-order valence-electron chi connectivity index (χ4n) is 3.87. The van der Waals surface area contributed by atoms with Crippen LogP contribution in [0.5, 0.6) is 0 Å². The second kappa shape index (κ2) is 9.77. The zero-order valence-electron chi connectivity index (χ0n) is 17.3. The first kappa shape index (κ1) is 25.1. The van der Waals surface area contributed by atoms with Gasteiger partial charge in [0, 0.05) is 0 Å².